The van der Waals surface area contributed by atoms with E-state index in [4.69, 9.17) is 9.47 Å². The zero-order chi connectivity index (χ0) is 54.3. The average molecular weight is 1060 g/mol. The van der Waals surface area contributed by atoms with Crippen LogP contribution < -0.4 is 5.32 Å². The van der Waals surface area contributed by atoms with Crippen LogP contribution in [0.5, 0.6) is 0 Å². The fraction of sp³-hybridized carbons (Fsp3) is 0.864. The number of allylic oxidation sites excluding steroid dienone is 7. The second-order valence-electron chi connectivity index (χ2n) is 22.5. The number of carbonyl (C=O) groups excluding carboxylic acids is 1. The first-order valence-corrected chi connectivity index (χ1v) is 32.4. The standard InChI is InChI=1S/C66H123NO8/c1-3-5-7-9-11-13-15-17-19-21-23-25-26-27-28-29-30-31-32-33-34-36-38-40-42-44-46-48-50-52-54-56-62(70)67-59(58-74-66-65(73)64(72)63(71)61(57-68)75-66)60(69)55-53-51-49-47-45-43-41-39-37-35-24-22-20-18-16-14-12-10-8-6-4-2/h21,23,37,39,45,47,53,55,59-61,63-66,68-69,71-73H,3-20,22,24-36,38,40-44,46,48-52,54,56-58H2,1-2H3,(H,67,70)/b23-21-,39-37+,47-45+,55-53+. The zero-order valence-electron chi connectivity index (χ0n) is 49.1. The van der Waals surface area contributed by atoms with Crippen molar-refractivity contribution in [2.24, 2.45) is 0 Å². The van der Waals surface area contributed by atoms with Crippen molar-refractivity contribution >= 4 is 5.91 Å². The van der Waals surface area contributed by atoms with Gasteiger partial charge < -0.3 is 40.3 Å². The van der Waals surface area contributed by atoms with Crippen LogP contribution in [0.2, 0.25) is 0 Å². The number of hydrogen-bond acceptors (Lipinski definition) is 8. The Morgan fingerprint density at radius 1 is 0.440 bits per heavy atom. The number of amides is 1. The topological polar surface area (TPSA) is 149 Å². The van der Waals surface area contributed by atoms with Gasteiger partial charge in [0.1, 0.15) is 24.4 Å². The Balaban J connectivity index is 2.17. The first-order valence-electron chi connectivity index (χ1n) is 32.4. The second-order valence-corrected chi connectivity index (χ2v) is 22.5. The highest BCUT2D eigenvalue weighted by atomic mass is 16.7. The Morgan fingerprint density at radius 3 is 1.12 bits per heavy atom. The molecule has 440 valence electrons. The summed E-state index contributed by atoms with van der Waals surface area (Å²) in [5.41, 5.74) is 0. The maximum atomic E-state index is 13.1. The number of unbranched alkanes of at least 4 members (excludes halogenated alkanes) is 40. The minimum atomic E-state index is -1.58. The summed E-state index contributed by atoms with van der Waals surface area (Å²) in [5.74, 6) is -0.186. The molecule has 6 N–H and O–H groups in total. The number of aliphatic hydroxyl groups excluding tert-OH is 5. The van der Waals surface area contributed by atoms with Crippen LogP contribution in [-0.4, -0.2) is 87.5 Å². The molecule has 0 spiro atoms. The number of rotatable bonds is 56. The van der Waals surface area contributed by atoms with Gasteiger partial charge in [-0.3, -0.25) is 4.79 Å². The number of ether oxygens (including phenoxy) is 2. The van der Waals surface area contributed by atoms with Crippen molar-refractivity contribution in [3.8, 4) is 0 Å². The summed E-state index contributed by atoms with van der Waals surface area (Å²) < 4.78 is 11.3. The molecule has 0 radical (unpaired) electrons. The van der Waals surface area contributed by atoms with Crippen molar-refractivity contribution < 1.29 is 39.8 Å². The fourth-order valence-electron chi connectivity index (χ4n) is 10.2. The Kier molecular flexibility index (Phi) is 52.6. The lowest BCUT2D eigenvalue weighted by Gasteiger charge is -2.40. The number of aliphatic hydroxyl groups is 5. The molecule has 1 saturated heterocycles. The Hall–Kier alpha value is -1.85. The summed E-state index contributed by atoms with van der Waals surface area (Å²) in [6, 6.07) is -0.828. The molecule has 1 aliphatic heterocycles. The summed E-state index contributed by atoms with van der Waals surface area (Å²) in [6.07, 6.45) is 67.8. The molecule has 7 atom stereocenters. The first-order chi connectivity index (χ1) is 36.8. The average Bonchev–Trinajstić information content (AvgIpc) is 3.41. The summed E-state index contributed by atoms with van der Waals surface area (Å²) in [6.45, 7) is 3.79. The molecule has 0 saturated carbocycles. The van der Waals surface area contributed by atoms with Gasteiger partial charge in [-0.05, 0) is 70.6 Å². The van der Waals surface area contributed by atoms with E-state index in [0.29, 0.717) is 6.42 Å². The van der Waals surface area contributed by atoms with Gasteiger partial charge in [-0.25, -0.2) is 0 Å². The normalized spacial score (nSPS) is 19.2. The van der Waals surface area contributed by atoms with E-state index in [1.165, 1.54) is 244 Å². The Labute approximate surface area is 463 Å². The highest BCUT2D eigenvalue weighted by Crippen LogP contribution is 2.23. The summed E-state index contributed by atoms with van der Waals surface area (Å²) in [4.78, 5) is 13.1. The van der Waals surface area contributed by atoms with Gasteiger partial charge in [0.2, 0.25) is 5.91 Å². The van der Waals surface area contributed by atoms with Crippen molar-refractivity contribution in [3.63, 3.8) is 0 Å². The van der Waals surface area contributed by atoms with Gasteiger partial charge in [0.25, 0.3) is 0 Å². The van der Waals surface area contributed by atoms with Crippen LogP contribution in [0.15, 0.2) is 48.6 Å². The SMILES string of the molecule is CCCCCCCCCC/C=C\CCCCCCCCCCCCCCCCCCCCCC(=O)NC(COC1OC(CO)C(O)C(O)C1O)C(O)/C=C/CC/C=C/CC/C=C/CCCCCCCCCCCCC. The van der Waals surface area contributed by atoms with E-state index in [0.717, 1.165) is 44.9 Å². The molecule has 0 aromatic carbocycles. The minimum absolute atomic E-state index is 0.186. The number of carbonyl (C=O) groups is 1. The predicted molar refractivity (Wildman–Crippen MR) is 318 cm³/mol. The fourth-order valence-corrected chi connectivity index (χ4v) is 10.2. The van der Waals surface area contributed by atoms with E-state index in [1.54, 1.807) is 6.08 Å². The summed E-state index contributed by atoms with van der Waals surface area (Å²) >= 11 is 0. The summed E-state index contributed by atoms with van der Waals surface area (Å²) in [5, 5.41) is 54.6. The molecule has 0 aromatic rings. The Morgan fingerprint density at radius 2 is 0.760 bits per heavy atom. The lowest BCUT2D eigenvalue weighted by atomic mass is 9.99. The molecule has 9 nitrogen and oxygen atoms in total. The van der Waals surface area contributed by atoms with E-state index >= 15 is 0 Å². The highest BCUT2D eigenvalue weighted by Gasteiger charge is 2.44. The van der Waals surface area contributed by atoms with Gasteiger partial charge in [0.05, 0.1) is 25.4 Å². The van der Waals surface area contributed by atoms with Gasteiger partial charge in [-0.1, -0.05) is 281 Å². The van der Waals surface area contributed by atoms with Gasteiger partial charge in [0, 0.05) is 6.42 Å². The second kappa shape index (κ2) is 55.5. The van der Waals surface area contributed by atoms with Gasteiger partial charge >= 0.3 is 0 Å². The molecule has 1 heterocycles. The van der Waals surface area contributed by atoms with Crippen LogP contribution in [-0.2, 0) is 14.3 Å². The quantitative estimate of drug-likeness (QED) is 0.0261. The Bertz CT molecular complexity index is 1320. The van der Waals surface area contributed by atoms with Crippen molar-refractivity contribution in [1.29, 1.82) is 0 Å². The molecule has 1 fully saturated rings. The number of nitrogens with one attached hydrogen (secondary N) is 1. The van der Waals surface area contributed by atoms with Crippen LogP contribution in [0, 0.1) is 0 Å². The molecule has 0 aliphatic carbocycles. The third-order valence-corrected chi connectivity index (χ3v) is 15.4. The molecule has 7 unspecified atom stereocenters. The molecule has 1 amide bonds. The smallest absolute Gasteiger partial charge is 0.220 e. The monoisotopic (exact) mass is 1060 g/mol. The van der Waals surface area contributed by atoms with Crippen LogP contribution >= 0.6 is 0 Å². The molecule has 9 heteroatoms. The summed E-state index contributed by atoms with van der Waals surface area (Å²) in [7, 11) is 0. The molecular weight excluding hydrogens is 935 g/mol. The predicted octanol–water partition coefficient (Wildman–Crippen LogP) is 16.9. The minimum Gasteiger partial charge on any atom is -0.394 e. The van der Waals surface area contributed by atoms with Crippen molar-refractivity contribution in [1.82, 2.24) is 5.32 Å². The van der Waals surface area contributed by atoms with Crippen LogP contribution in [0.1, 0.15) is 309 Å². The van der Waals surface area contributed by atoms with Crippen molar-refractivity contribution in [2.75, 3.05) is 13.2 Å². The molecule has 75 heavy (non-hydrogen) atoms. The van der Waals surface area contributed by atoms with Gasteiger partial charge in [-0.15, -0.1) is 0 Å². The zero-order valence-corrected chi connectivity index (χ0v) is 49.1. The molecule has 0 bridgehead atoms. The molecule has 0 aromatic heterocycles. The third-order valence-electron chi connectivity index (χ3n) is 15.4. The lowest BCUT2D eigenvalue weighted by molar-refractivity contribution is -0.302. The van der Waals surface area contributed by atoms with Crippen molar-refractivity contribution in [2.45, 2.75) is 352 Å². The van der Waals surface area contributed by atoms with E-state index in [-0.39, 0.29) is 12.5 Å². The highest BCUT2D eigenvalue weighted by molar-refractivity contribution is 5.76. The maximum Gasteiger partial charge on any atom is 0.220 e. The molecule has 1 aliphatic rings. The van der Waals surface area contributed by atoms with E-state index in [9.17, 15) is 30.3 Å². The van der Waals surface area contributed by atoms with E-state index < -0.39 is 49.5 Å². The largest absolute Gasteiger partial charge is 0.394 e. The van der Waals surface area contributed by atoms with Gasteiger partial charge in [-0.2, -0.15) is 0 Å². The molecular formula is C66H123NO8. The number of hydrogen-bond donors (Lipinski definition) is 6. The maximum absolute atomic E-state index is 13.1. The van der Waals surface area contributed by atoms with Crippen molar-refractivity contribution in [3.05, 3.63) is 48.6 Å². The molecule has 1 rings (SSSR count). The van der Waals surface area contributed by atoms with Crippen LogP contribution in [0.25, 0.3) is 0 Å². The van der Waals surface area contributed by atoms with E-state index in [2.05, 4.69) is 55.6 Å². The van der Waals surface area contributed by atoms with Crippen LogP contribution in [0.3, 0.4) is 0 Å². The third kappa shape index (κ3) is 44.7. The van der Waals surface area contributed by atoms with Crippen LogP contribution in [0.4, 0.5) is 0 Å². The first kappa shape index (κ1) is 71.2. The van der Waals surface area contributed by atoms with E-state index in [1.807, 2.05) is 6.08 Å². The lowest BCUT2D eigenvalue weighted by Crippen LogP contribution is -2.60. The van der Waals surface area contributed by atoms with Gasteiger partial charge in [0.15, 0.2) is 6.29 Å².